The Morgan fingerprint density at radius 1 is 1.38 bits per heavy atom. The van der Waals surface area contributed by atoms with Gasteiger partial charge in [0.15, 0.2) is 6.10 Å². The van der Waals surface area contributed by atoms with Crippen molar-refractivity contribution in [1.82, 2.24) is 5.32 Å². The number of benzene rings is 1. The van der Waals surface area contributed by atoms with Crippen LogP contribution in [0.2, 0.25) is 0 Å². The van der Waals surface area contributed by atoms with Gasteiger partial charge in [-0.05, 0) is 18.9 Å². The molecule has 0 radical (unpaired) electrons. The molecule has 0 heterocycles. The van der Waals surface area contributed by atoms with Crippen molar-refractivity contribution in [1.29, 1.82) is 5.26 Å². The lowest BCUT2D eigenvalue weighted by atomic mass is 10.0. The Morgan fingerprint density at radius 3 is 2.48 bits per heavy atom. The molecule has 0 aliphatic carbocycles. The summed E-state index contributed by atoms with van der Waals surface area (Å²) in [6.45, 7) is 1.66. The Hall–Kier alpha value is -2.39. The van der Waals surface area contributed by atoms with Crippen LogP contribution in [-0.4, -0.2) is 25.0 Å². The van der Waals surface area contributed by atoms with Crippen molar-refractivity contribution in [3.63, 3.8) is 0 Å². The zero-order chi connectivity index (χ0) is 15.8. The third-order valence-electron chi connectivity index (χ3n) is 3.05. The van der Waals surface area contributed by atoms with E-state index in [2.05, 4.69) is 5.32 Å². The normalized spacial score (nSPS) is 14.5. The first kappa shape index (κ1) is 16.7. The van der Waals surface area contributed by atoms with Gasteiger partial charge in [0.05, 0.1) is 6.07 Å². The first-order valence-electron chi connectivity index (χ1n) is 6.56. The third kappa shape index (κ3) is 4.89. The van der Waals surface area contributed by atoms with Gasteiger partial charge in [-0.15, -0.1) is 0 Å². The van der Waals surface area contributed by atoms with Crippen molar-refractivity contribution < 1.29 is 14.3 Å². The second kappa shape index (κ2) is 8.02. The highest BCUT2D eigenvalue weighted by molar-refractivity contribution is 5.89. The van der Waals surface area contributed by atoms with E-state index in [0.717, 1.165) is 0 Å². The fourth-order valence-corrected chi connectivity index (χ4v) is 1.92. The molecule has 0 aliphatic rings. The average molecular weight is 289 g/mol. The summed E-state index contributed by atoms with van der Waals surface area (Å²) >= 11 is 0. The zero-order valence-corrected chi connectivity index (χ0v) is 12.1. The molecule has 0 unspecified atom stereocenters. The van der Waals surface area contributed by atoms with Gasteiger partial charge in [-0.2, -0.15) is 5.26 Å². The number of hydrogen-bond donors (Lipinski definition) is 2. The summed E-state index contributed by atoms with van der Waals surface area (Å²) in [4.78, 5) is 23.6. The predicted octanol–water partition coefficient (Wildman–Crippen LogP) is 0.894. The van der Waals surface area contributed by atoms with Gasteiger partial charge in [0.2, 0.25) is 5.91 Å². The maximum Gasteiger partial charge on any atom is 0.254 e. The molecule has 0 aliphatic heterocycles. The van der Waals surface area contributed by atoms with Crippen molar-refractivity contribution >= 4 is 11.8 Å². The monoisotopic (exact) mass is 289 g/mol. The summed E-state index contributed by atoms with van der Waals surface area (Å²) in [5.74, 6) is -1.52. The number of carbonyl (C=O) groups excluding carboxylic acids is 2. The number of carbonyl (C=O) groups is 2. The molecule has 1 aromatic carbocycles. The molecule has 6 nitrogen and oxygen atoms in total. The summed E-state index contributed by atoms with van der Waals surface area (Å²) in [7, 11) is 1.41. The number of nitrogens with two attached hydrogens (primary N) is 1. The fourth-order valence-electron chi connectivity index (χ4n) is 1.92. The highest BCUT2D eigenvalue weighted by atomic mass is 16.5. The molecule has 1 rings (SSSR count). The lowest BCUT2D eigenvalue weighted by Gasteiger charge is -2.21. The minimum absolute atomic E-state index is 0.169. The number of hydrogen-bond acceptors (Lipinski definition) is 4. The van der Waals surface area contributed by atoms with Crippen molar-refractivity contribution in [2.45, 2.75) is 25.5 Å². The molecular formula is C15H19N3O3. The second-order valence-corrected chi connectivity index (χ2v) is 4.76. The predicted molar refractivity (Wildman–Crippen MR) is 76.7 cm³/mol. The minimum Gasteiger partial charge on any atom is -0.368 e. The molecule has 6 heteroatoms. The van der Waals surface area contributed by atoms with Crippen molar-refractivity contribution in [3.05, 3.63) is 35.9 Å². The molecule has 21 heavy (non-hydrogen) atoms. The number of amides is 2. The van der Waals surface area contributed by atoms with E-state index in [1.807, 2.05) is 12.1 Å². The van der Waals surface area contributed by atoms with E-state index in [-0.39, 0.29) is 12.3 Å². The summed E-state index contributed by atoms with van der Waals surface area (Å²) in [5, 5.41) is 11.3. The zero-order valence-electron chi connectivity index (χ0n) is 12.1. The standard InChI is InChI=1S/C15H19N3O3/c1-10(9-16)8-12(14(17)19)18-15(20)13(21-2)11-6-4-3-5-7-11/h3-7,10,12-13H,8H2,1-2H3,(H2,17,19)(H,18,20)/t10-,12-,13+/m0/s1. The van der Waals surface area contributed by atoms with Gasteiger partial charge in [-0.3, -0.25) is 9.59 Å². The highest BCUT2D eigenvalue weighted by Crippen LogP contribution is 2.17. The number of ether oxygens (including phenoxy) is 1. The van der Waals surface area contributed by atoms with Crippen LogP contribution in [-0.2, 0) is 14.3 Å². The van der Waals surface area contributed by atoms with Crippen LogP contribution in [0.1, 0.15) is 25.0 Å². The second-order valence-electron chi connectivity index (χ2n) is 4.76. The SMILES string of the molecule is CO[C@@H](C(=O)N[C@@H](C[C@H](C)C#N)C(N)=O)c1ccccc1. The summed E-state index contributed by atoms with van der Waals surface area (Å²) in [5.41, 5.74) is 5.94. The maximum absolute atomic E-state index is 12.2. The van der Waals surface area contributed by atoms with E-state index in [0.29, 0.717) is 5.56 Å². The van der Waals surface area contributed by atoms with Crippen LogP contribution >= 0.6 is 0 Å². The summed E-state index contributed by atoms with van der Waals surface area (Å²) < 4.78 is 5.18. The fraction of sp³-hybridized carbons (Fsp3) is 0.400. The number of nitrogens with zero attached hydrogens (tertiary/aromatic N) is 1. The van der Waals surface area contributed by atoms with E-state index >= 15 is 0 Å². The number of methoxy groups -OCH3 is 1. The van der Waals surface area contributed by atoms with Crippen LogP contribution < -0.4 is 11.1 Å². The van der Waals surface area contributed by atoms with Gasteiger partial charge in [0.1, 0.15) is 6.04 Å². The van der Waals surface area contributed by atoms with Gasteiger partial charge >= 0.3 is 0 Å². The summed E-state index contributed by atoms with van der Waals surface area (Å²) in [6, 6.07) is 10.0. The molecule has 0 saturated heterocycles. The highest BCUT2D eigenvalue weighted by Gasteiger charge is 2.26. The van der Waals surface area contributed by atoms with Crippen molar-refractivity contribution in [2.24, 2.45) is 11.7 Å². The molecule has 0 spiro atoms. The molecule has 0 aromatic heterocycles. The molecule has 0 fully saturated rings. The minimum atomic E-state index is -0.895. The number of primary amides is 1. The molecule has 1 aromatic rings. The first-order valence-corrected chi connectivity index (χ1v) is 6.56. The lowest BCUT2D eigenvalue weighted by Crippen LogP contribution is -2.47. The van der Waals surface area contributed by atoms with Gasteiger partial charge in [-0.1, -0.05) is 30.3 Å². The van der Waals surface area contributed by atoms with Crippen LogP contribution in [0.3, 0.4) is 0 Å². The van der Waals surface area contributed by atoms with Crippen LogP contribution in [0, 0.1) is 17.2 Å². The molecular weight excluding hydrogens is 270 g/mol. The molecule has 3 N–H and O–H groups in total. The molecule has 3 atom stereocenters. The Balaban J connectivity index is 2.80. The molecule has 2 amide bonds. The smallest absolute Gasteiger partial charge is 0.254 e. The van der Waals surface area contributed by atoms with Gasteiger partial charge in [0.25, 0.3) is 5.91 Å². The molecule has 112 valence electrons. The van der Waals surface area contributed by atoms with Crippen LogP contribution in [0.5, 0.6) is 0 Å². The van der Waals surface area contributed by atoms with E-state index < -0.39 is 24.0 Å². The number of rotatable bonds is 7. The van der Waals surface area contributed by atoms with Crippen molar-refractivity contribution in [2.75, 3.05) is 7.11 Å². The van der Waals surface area contributed by atoms with Crippen molar-refractivity contribution in [3.8, 4) is 6.07 Å². The Labute approximate surface area is 123 Å². The van der Waals surface area contributed by atoms with Crippen LogP contribution in [0.25, 0.3) is 0 Å². The Bertz CT molecular complexity index is 525. The van der Waals surface area contributed by atoms with Gasteiger partial charge in [-0.25, -0.2) is 0 Å². The average Bonchev–Trinajstić information content (AvgIpc) is 2.48. The van der Waals surface area contributed by atoms with Gasteiger partial charge in [0, 0.05) is 13.0 Å². The third-order valence-corrected chi connectivity index (χ3v) is 3.05. The molecule has 0 saturated carbocycles. The number of nitrogens with one attached hydrogen (secondary N) is 1. The van der Waals surface area contributed by atoms with Crippen LogP contribution in [0.4, 0.5) is 0 Å². The van der Waals surface area contributed by atoms with E-state index in [1.165, 1.54) is 7.11 Å². The first-order chi connectivity index (χ1) is 9.99. The van der Waals surface area contributed by atoms with Crippen LogP contribution in [0.15, 0.2) is 30.3 Å². The largest absolute Gasteiger partial charge is 0.368 e. The quantitative estimate of drug-likeness (QED) is 0.777. The van der Waals surface area contributed by atoms with E-state index in [4.69, 9.17) is 15.7 Å². The lowest BCUT2D eigenvalue weighted by molar-refractivity contribution is -0.135. The maximum atomic E-state index is 12.2. The van der Waals surface area contributed by atoms with Gasteiger partial charge < -0.3 is 15.8 Å². The Kier molecular flexibility index (Phi) is 6.37. The van der Waals surface area contributed by atoms with E-state index in [1.54, 1.807) is 31.2 Å². The number of nitriles is 1. The topological polar surface area (TPSA) is 105 Å². The van der Waals surface area contributed by atoms with E-state index in [9.17, 15) is 9.59 Å². The summed E-state index contributed by atoms with van der Waals surface area (Å²) in [6.07, 6.45) is -0.659. The molecule has 0 bridgehead atoms. The Morgan fingerprint density at radius 2 is 2.00 bits per heavy atom.